The second kappa shape index (κ2) is 7.49. The molecule has 0 aromatic heterocycles. The van der Waals surface area contributed by atoms with E-state index in [0.29, 0.717) is 11.3 Å². The Bertz CT molecular complexity index is 161. The van der Waals surface area contributed by atoms with Crippen molar-refractivity contribution >= 4 is 11.8 Å². The van der Waals surface area contributed by atoms with Crippen molar-refractivity contribution in [2.24, 2.45) is 11.8 Å². The molecule has 90 valence electrons. The monoisotopic (exact) mass is 232 g/mol. The molecule has 1 rings (SSSR count). The van der Waals surface area contributed by atoms with Gasteiger partial charge in [-0.1, -0.05) is 13.8 Å². The standard InChI is InChI=1S/C11H24N2OS/c1-9(2)15-8-11(13-12)7-10-3-5-14-6-4-10/h9-11,13H,3-8,12H2,1-2H3. The van der Waals surface area contributed by atoms with Crippen LogP contribution in [-0.2, 0) is 4.74 Å². The van der Waals surface area contributed by atoms with Gasteiger partial charge in [0.2, 0.25) is 0 Å². The van der Waals surface area contributed by atoms with Crippen LogP contribution in [0.5, 0.6) is 0 Å². The van der Waals surface area contributed by atoms with Crippen molar-refractivity contribution in [1.29, 1.82) is 0 Å². The molecule has 1 unspecified atom stereocenters. The van der Waals surface area contributed by atoms with Gasteiger partial charge in [-0.15, -0.1) is 0 Å². The third kappa shape index (κ3) is 5.76. The normalized spacial score (nSPS) is 20.8. The largest absolute Gasteiger partial charge is 0.381 e. The number of nitrogens with two attached hydrogens (primary N) is 1. The van der Waals surface area contributed by atoms with Gasteiger partial charge >= 0.3 is 0 Å². The molecule has 1 atom stereocenters. The van der Waals surface area contributed by atoms with Crippen molar-refractivity contribution in [3.05, 3.63) is 0 Å². The van der Waals surface area contributed by atoms with E-state index in [-0.39, 0.29) is 0 Å². The van der Waals surface area contributed by atoms with E-state index >= 15 is 0 Å². The summed E-state index contributed by atoms with van der Waals surface area (Å²) < 4.78 is 5.36. The van der Waals surface area contributed by atoms with Crippen LogP contribution in [0.2, 0.25) is 0 Å². The highest BCUT2D eigenvalue weighted by atomic mass is 32.2. The van der Waals surface area contributed by atoms with Gasteiger partial charge in [0.15, 0.2) is 0 Å². The Kier molecular flexibility index (Phi) is 6.64. The number of hydrogen-bond acceptors (Lipinski definition) is 4. The molecule has 0 aliphatic carbocycles. The molecule has 0 aromatic rings. The van der Waals surface area contributed by atoms with Gasteiger partial charge in [0.25, 0.3) is 0 Å². The molecule has 4 heteroatoms. The molecular weight excluding hydrogens is 208 g/mol. The van der Waals surface area contributed by atoms with Crippen molar-refractivity contribution in [3.63, 3.8) is 0 Å². The Labute approximate surface area is 97.5 Å². The Hall–Kier alpha value is 0.230. The van der Waals surface area contributed by atoms with E-state index in [1.807, 2.05) is 11.8 Å². The van der Waals surface area contributed by atoms with Gasteiger partial charge in [0, 0.05) is 25.0 Å². The van der Waals surface area contributed by atoms with Crippen LogP contribution in [0.4, 0.5) is 0 Å². The lowest BCUT2D eigenvalue weighted by atomic mass is 9.93. The minimum atomic E-state index is 0.459. The molecular formula is C11H24N2OS. The maximum absolute atomic E-state index is 5.58. The smallest absolute Gasteiger partial charge is 0.0468 e. The minimum absolute atomic E-state index is 0.459. The van der Waals surface area contributed by atoms with Crippen LogP contribution in [0.25, 0.3) is 0 Å². The maximum atomic E-state index is 5.58. The van der Waals surface area contributed by atoms with E-state index in [4.69, 9.17) is 10.6 Å². The van der Waals surface area contributed by atoms with Crippen molar-refractivity contribution < 1.29 is 4.74 Å². The number of ether oxygens (including phenoxy) is 1. The first-order valence-corrected chi connectivity index (χ1v) is 6.92. The van der Waals surface area contributed by atoms with Crippen LogP contribution in [0.3, 0.4) is 0 Å². The Morgan fingerprint density at radius 2 is 2.07 bits per heavy atom. The lowest BCUT2D eigenvalue weighted by Gasteiger charge is -2.26. The van der Waals surface area contributed by atoms with E-state index in [0.717, 1.165) is 24.9 Å². The molecule has 1 aliphatic heterocycles. The number of thioether (sulfide) groups is 1. The van der Waals surface area contributed by atoms with Crippen molar-refractivity contribution in [1.82, 2.24) is 5.43 Å². The molecule has 15 heavy (non-hydrogen) atoms. The topological polar surface area (TPSA) is 47.3 Å². The molecule has 1 fully saturated rings. The highest BCUT2D eigenvalue weighted by molar-refractivity contribution is 7.99. The zero-order valence-electron chi connectivity index (χ0n) is 9.87. The molecule has 0 radical (unpaired) electrons. The first-order chi connectivity index (χ1) is 7.22. The van der Waals surface area contributed by atoms with E-state index in [9.17, 15) is 0 Å². The van der Waals surface area contributed by atoms with Crippen LogP contribution in [0, 0.1) is 5.92 Å². The van der Waals surface area contributed by atoms with Gasteiger partial charge in [-0.25, -0.2) is 0 Å². The van der Waals surface area contributed by atoms with Gasteiger partial charge in [-0.2, -0.15) is 11.8 Å². The molecule has 1 saturated heterocycles. The Balaban J connectivity index is 2.19. The van der Waals surface area contributed by atoms with Crippen molar-refractivity contribution in [3.8, 4) is 0 Å². The molecule has 0 bridgehead atoms. The van der Waals surface area contributed by atoms with E-state index in [2.05, 4.69) is 19.3 Å². The average Bonchev–Trinajstić information content (AvgIpc) is 2.25. The molecule has 3 nitrogen and oxygen atoms in total. The molecule has 0 saturated carbocycles. The Morgan fingerprint density at radius 1 is 1.40 bits per heavy atom. The number of rotatable bonds is 6. The summed E-state index contributed by atoms with van der Waals surface area (Å²) in [5, 5.41) is 0.690. The highest BCUT2D eigenvalue weighted by Gasteiger charge is 2.18. The second-order valence-electron chi connectivity index (χ2n) is 4.54. The lowest BCUT2D eigenvalue weighted by molar-refractivity contribution is 0.0613. The van der Waals surface area contributed by atoms with E-state index in [1.54, 1.807) is 0 Å². The van der Waals surface area contributed by atoms with Crippen LogP contribution in [-0.4, -0.2) is 30.3 Å². The van der Waals surface area contributed by atoms with Gasteiger partial charge < -0.3 is 4.74 Å². The quantitative estimate of drug-likeness (QED) is 0.541. The Morgan fingerprint density at radius 3 is 2.60 bits per heavy atom. The summed E-state index contributed by atoms with van der Waals surface area (Å²) in [5.74, 6) is 7.50. The van der Waals surface area contributed by atoms with Crippen molar-refractivity contribution in [2.75, 3.05) is 19.0 Å². The van der Waals surface area contributed by atoms with Gasteiger partial charge in [0.05, 0.1) is 0 Å². The summed E-state index contributed by atoms with van der Waals surface area (Å²) in [6, 6.07) is 0.459. The van der Waals surface area contributed by atoms with Crippen LogP contribution in [0.15, 0.2) is 0 Å². The molecule has 0 amide bonds. The van der Waals surface area contributed by atoms with Crippen LogP contribution >= 0.6 is 11.8 Å². The summed E-state index contributed by atoms with van der Waals surface area (Å²) in [6.07, 6.45) is 3.59. The zero-order valence-corrected chi connectivity index (χ0v) is 10.7. The molecule has 3 N–H and O–H groups in total. The molecule has 1 heterocycles. The highest BCUT2D eigenvalue weighted by Crippen LogP contribution is 2.22. The van der Waals surface area contributed by atoms with E-state index < -0.39 is 0 Å². The van der Waals surface area contributed by atoms with Gasteiger partial charge in [0.1, 0.15) is 0 Å². The maximum Gasteiger partial charge on any atom is 0.0468 e. The van der Waals surface area contributed by atoms with Gasteiger partial charge in [-0.05, 0) is 30.4 Å². The third-order valence-electron chi connectivity index (χ3n) is 2.83. The molecule has 1 aliphatic rings. The fourth-order valence-corrected chi connectivity index (χ4v) is 2.73. The fourth-order valence-electron chi connectivity index (χ4n) is 1.88. The average molecular weight is 232 g/mol. The zero-order chi connectivity index (χ0) is 11.1. The third-order valence-corrected chi connectivity index (χ3v) is 4.09. The van der Waals surface area contributed by atoms with E-state index in [1.165, 1.54) is 19.3 Å². The summed E-state index contributed by atoms with van der Waals surface area (Å²) >= 11 is 1.98. The summed E-state index contributed by atoms with van der Waals surface area (Å²) in [5.41, 5.74) is 2.94. The van der Waals surface area contributed by atoms with Crippen LogP contribution in [0.1, 0.15) is 33.1 Å². The van der Waals surface area contributed by atoms with Crippen molar-refractivity contribution in [2.45, 2.75) is 44.4 Å². The summed E-state index contributed by atoms with van der Waals surface area (Å²) in [7, 11) is 0. The lowest BCUT2D eigenvalue weighted by Crippen LogP contribution is -2.39. The number of hydrogen-bond donors (Lipinski definition) is 2. The summed E-state index contributed by atoms with van der Waals surface area (Å²) in [4.78, 5) is 0. The number of hydrazine groups is 1. The SMILES string of the molecule is CC(C)SCC(CC1CCOCC1)NN. The first-order valence-electron chi connectivity index (χ1n) is 5.88. The molecule has 0 spiro atoms. The van der Waals surface area contributed by atoms with Crippen LogP contribution < -0.4 is 11.3 Å². The fraction of sp³-hybridized carbons (Fsp3) is 1.00. The second-order valence-corrected chi connectivity index (χ2v) is 6.15. The van der Waals surface area contributed by atoms with Gasteiger partial charge in [-0.3, -0.25) is 11.3 Å². The summed E-state index contributed by atoms with van der Waals surface area (Å²) in [6.45, 7) is 6.32. The predicted octanol–water partition coefficient (Wildman–Crippen LogP) is 1.78. The number of nitrogens with one attached hydrogen (secondary N) is 1. The molecule has 0 aromatic carbocycles. The predicted molar refractivity (Wildman–Crippen MR) is 66.9 cm³/mol. The minimum Gasteiger partial charge on any atom is -0.381 e. The first kappa shape index (κ1) is 13.3.